The molecule has 0 radical (unpaired) electrons. The Morgan fingerprint density at radius 3 is 2.80 bits per heavy atom. The number of rotatable bonds is 6. The number of aromatic nitrogens is 4. The minimum Gasteiger partial charge on any atom is -0.351 e. The third-order valence-corrected chi connectivity index (χ3v) is 3.84. The lowest BCUT2D eigenvalue weighted by molar-refractivity contribution is 0.257. The van der Waals surface area contributed by atoms with Crippen molar-refractivity contribution < 1.29 is 0 Å². The highest BCUT2D eigenvalue weighted by molar-refractivity contribution is 5.38. The summed E-state index contributed by atoms with van der Waals surface area (Å²) < 4.78 is 1.73. The molecule has 0 bridgehead atoms. The third kappa shape index (κ3) is 2.80. The number of nitrogens with one attached hydrogen (secondary N) is 1. The van der Waals surface area contributed by atoms with Crippen molar-refractivity contribution in [2.75, 3.05) is 18.9 Å². The molecule has 0 amide bonds. The van der Waals surface area contributed by atoms with Crippen LogP contribution in [-0.2, 0) is 0 Å². The van der Waals surface area contributed by atoms with Crippen LogP contribution in [0.1, 0.15) is 19.8 Å². The maximum atomic E-state index is 4.06. The number of hydrogen-bond donors (Lipinski definition) is 1. The van der Waals surface area contributed by atoms with Gasteiger partial charge in [-0.2, -0.15) is 4.68 Å². The van der Waals surface area contributed by atoms with E-state index < -0.39 is 0 Å². The van der Waals surface area contributed by atoms with Crippen LogP contribution >= 0.6 is 0 Å². The van der Waals surface area contributed by atoms with Gasteiger partial charge in [-0.1, -0.05) is 23.3 Å². The summed E-state index contributed by atoms with van der Waals surface area (Å²) in [6.45, 7) is 3.06. The van der Waals surface area contributed by atoms with E-state index in [-0.39, 0.29) is 0 Å². The summed E-state index contributed by atoms with van der Waals surface area (Å²) in [6.07, 6.45) is 2.64. The van der Waals surface area contributed by atoms with E-state index in [0.29, 0.717) is 12.0 Å². The van der Waals surface area contributed by atoms with Crippen LogP contribution in [0, 0.1) is 0 Å². The maximum Gasteiger partial charge on any atom is 0.247 e. The topological polar surface area (TPSA) is 58.9 Å². The van der Waals surface area contributed by atoms with Crippen molar-refractivity contribution >= 4 is 5.95 Å². The van der Waals surface area contributed by atoms with E-state index in [1.54, 1.807) is 4.68 Å². The van der Waals surface area contributed by atoms with Crippen molar-refractivity contribution in [3.05, 3.63) is 30.3 Å². The molecule has 0 aliphatic heterocycles. The van der Waals surface area contributed by atoms with Gasteiger partial charge < -0.3 is 5.32 Å². The van der Waals surface area contributed by atoms with E-state index in [1.165, 1.54) is 12.8 Å². The summed E-state index contributed by atoms with van der Waals surface area (Å²) in [5.41, 5.74) is 0.961. The van der Waals surface area contributed by atoms with Gasteiger partial charge in [0.1, 0.15) is 0 Å². The van der Waals surface area contributed by atoms with Gasteiger partial charge in [-0.05, 0) is 49.4 Å². The molecule has 1 aromatic heterocycles. The lowest BCUT2D eigenvalue weighted by atomic mass is 10.3. The van der Waals surface area contributed by atoms with Gasteiger partial charge in [0.2, 0.25) is 5.95 Å². The standard InChI is InChI=1S/C14H20N6/c1-11(19(2)12-8-9-12)10-15-14-16-17-18-20(14)13-6-4-3-5-7-13/h3-7,11-12H,8-10H2,1-2H3,(H,15,16,18). The molecular weight excluding hydrogens is 252 g/mol. The molecule has 2 aromatic rings. The highest BCUT2D eigenvalue weighted by Gasteiger charge is 2.29. The van der Waals surface area contributed by atoms with Crippen LogP contribution in [-0.4, -0.2) is 50.8 Å². The molecule has 1 saturated carbocycles. The van der Waals surface area contributed by atoms with Crippen molar-refractivity contribution in [3.63, 3.8) is 0 Å². The van der Waals surface area contributed by atoms with E-state index in [4.69, 9.17) is 0 Å². The van der Waals surface area contributed by atoms with E-state index in [9.17, 15) is 0 Å². The van der Waals surface area contributed by atoms with Gasteiger partial charge in [0, 0.05) is 18.6 Å². The Morgan fingerprint density at radius 1 is 1.35 bits per heavy atom. The third-order valence-electron chi connectivity index (χ3n) is 3.84. The molecule has 1 unspecified atom stereocenters. The van der Waals surface area contributed by atoms with Crippen LogP contribution in [0.3, 0.4) is 0 Å². The average molecular weight is 272 g/mol. The summed E-state index contributed by atoms with van der Waals surface area (Å²) in [6, 6.07) is 11.1. The summed E-state index contributed by atoms with van der Waals surface area (Å²) >= 11 is 0. The molecule has 0 spiro atoms. The zero-order valence-corrected chi connectivity index (χ0v) is 11.9. The maximum absolute atomic E-state index is 4.06. The van der Waals surface area contributed by atoms with Crippen LogP contribution in [0.5, 0.6) is 0 Å². The molecule has 1 N–H and O–H groups in total. The van der Waals surface area contributed by atoms with Crippen molar-refractivity contribution in [2.24, 2.45) is 0 Å². The van der Waals surface area contributed by atoms with Gasteiger partial charge in [-0.3, -0.25) is 4.90 Å². The molecule has 0 saturated heterocycles. The molecule has 6 nitrogen and oxygen atoms in total. The Labute approximate surface area is 118 Å². The number of nitrogens with zero attached hydrogens (tertiary/aromatic N) is 5. The quantitative estimate of drug-likeness (QED) is 0.864. The van der Waals surface area contributed by atoms with Crippen molar-refractivity contribution in [3.8, 4) is 5.69 Å². The molecule has 1 fully saturated rings. The zero-order chi connectivity index (χ0) is 13.9. The Hall–Kier alpha value is -1.95. The fourth-order valence-electron chi connectivity index (χ4n) is 2.27. The van der Waals surface area contributed by atoms with Crippen LogP contribution in [0.25, 0.3) is 5.69 Å². The number of likely N-dealkylation sites (N-methyl/N-ethyl adjacent to an activating group) is 1. The molecule has 1 aromatic carbocycles. The molecule has 1 heterocycles. The molecular formula is C14H20N6. The number of anilines is 1. The predicted octanol–water partition coefficient (Wildman–Crippen LogP) is 1.56. The zero-order valence-electron chi connectivity index (χ0n) is 11.9. The Kier molecular flexibility index (Phi) is 3.64. The average Bonchev–Trinajstić information content (AvgIpc) is 3.23. The summed E-state index contributed by atoms with van der Waals surface area (Å²) in [5.74, 6) is 0.687. The summed E-state index contributed by atoms with van der Waals surface area (Å²) in [7, 11) is 2.18. The molecule has 1 aliphatic rings. The first-order chi connectivity index (χ1) is 9.75. The molecule has 3 rings (SSSR count). The second-order valence-electron chi connectivity index (χ2n) is 5.38. The van der Waals surface area contributed by atoms with E-state index >= 15 is 0 Å². The lowest BCUT2D eigenvalue weighted by Gasteiger charge is -2.24. The van der Waals surface area contributed by atoms with Gasteiger partial charge in [0.15, 0.2) is 0 Å². The predicted molar refractivity (Wildman–Crippen MR) is 77.9 cm³/mol. The van der Waals surface area contributed by atoms with Crippen LogP contribution in [0.15, 0.2) is 30.3 Å². The first-order valence-electron chi connectivity index (χ1n) is 7.05. The van der Waals surface area contributed by atoms with Crippen molar-refractivity contribution in [1.29, 1.82) is 0 Å². The fourth-order valence-corrected chi connectivity index (χ4v) is 2.27. The van der Waals surface area contributed by atoms with Crippen molar-refractivity contribution in [1.82, 2.24) is 25.1 Å². The highest BCUT2D eigenvalue weighted by Crippen LogP contribution is 2.26. The molecule has 1 atom stereocenters. The second kappa shape index (κ2) is 5.58. The molecule has 6 heteroatoms. The van der Waals surface area contributed by atoms with E-state index in [1.807, 2.05) is 30.3 Å². The van der Waals surface area contributed by atoms with Gasteiger partial charge in [0.25, 0.3) is 0 Å². The molecule has 106 valence electrons. The Bertz CT molecular complexity index is 548. The van der Waals surface area contributed by atoms with Crippen LogP contribution in [0.2, 0.25) is 0 Å². The highest BCUT2D eigenvalue weighted by atomic mass is 15.6. The van der Waals surface area contributed by atoms with Gasteiger partial charge in [-0.15, -0.1) is 0 Å². The first-order valence-corrected chi connectivity index (χ1v) is 7.05. The minimum atomic E-state index is 0.462. The SMILES string of the molecule is CC(CNc1nnnn1-c1ccccc1)N(C)C1CC1. The Morgan fingerprint density at radius 2 is 2.10 bits per heavy atom. The lowest BCUT2D eigenvalue weighted by Crippen LogP contribution is -2.36. The van der Waals surface area contributed by atoms with Gasteiger partial charge >= 0.3 is 0 Å². The fraction of sp³-hybridized carbons (Fsp3) is 0.500. The van der Waals surface area contributed by atoms with Crippen LogP contribution in [0.4, 0.5) is 5.95 Å². The van der Waals surface area contributed by atoms with Crippen LogP contribution < -0.4 is 5.32 Å². The minimum absolute atomic E-state index is 0.462. The number of hydrogen-bond acceptors (Lipinski definition) is 5. The normalized spacial score (nSPS) is 16.4. The molecule has 20 heavy (non-hydrogen) atoms. The van der Waals surface area contributed by atoms with Gasteiger partial charge in [0.05, 0.1) is 5.69 Å². The number of para-hydroxylation sites is 1. The van der Waals surface area contributed by atoms with E-state index in [0.717, 1.165) is 18.3 Å². The summed E-state index contributed by atoms with van der Waals surface area (Å²) in [4.78, 5) is 2.42. The summed E-state index contributed by atoms with van der Waals surface area (Å²) in [5, 5.41) is 15.2. The molecule has 1 aliphatic carbocycles. The number of benzene rings is 1. The monoisotopic (exact) mass is 272 g/mol. The van der Waals surface area contributed by atoms with Crippen molar-refractivity contribution in [2.45, 2.75) is 31.8 Å². The Balaban J connectivity index is 1.65. The largest absolute Gasteiger partial charge is 0.351 e. The smallest absolute Gasteiger partial charge is 0.247 e. The van der Waals surface area contributed by atoms with E-state index in [2.05, 4.69) is 39.7 Å². The number of tetrazole rings is 1. The first kappa shape index (κ1) is 13.1. The second-order valence-corrected chi connectivity index (χ2v) is 5.38. The van der Waals surface area contributed by atoms with Gasteiger partial charge in [-0.25, -0.2) is 0 Å².